The second-order valence-electron chi connectivity index (χ2n) is 3.64. The van der Waals surface area contributed by atoms with Gasteiger partial charge in [-0.15, -0.1) is 0 Å². The van der Waals surface area contributed by atoms with Crippen molar-refractivity contribution in [3.63, 3.8) is 0 Å². The summed E-state index contributed by atoms with van der Waals surface area (Å²) in [6, 6.07) is 19.4. The summed E-state index contributed by atoms with van der Waals surface area (Å²) in [5, 5.41) is 8.88. The highest BCUT2D eigenvalue weighted by Gasteiger charge is 2.07. The van der Waals surface area contributed by atoms with Gasteiger partial charge in [0, 0.05) is 22.9 Å². The van der Waals surface area contributed by atoms with E-state index in [2.05, 4.69) is 6.07 Å². The van der Waals surface area contributed by atoms with Crippen LogP contribution in [0.2, 0.25) is 0 Å². The first-order valence-corrected chi connectivity index (χ1v) is 5.33. The van der Waals surface area contributed by atoms with Crippen LogP contribution in [0.15, 0.2) is 60.7 Å². The van der Waals surface area contributed by atoms with Gasteiger partial charge in [0.2, 0.25) is 0 Å². The number of allylic oxidation sites excluding steroid dienone is 1. The van der Waals surface area contributed by atoms with E-state index >= 15 is 0 Å². The molecule has 82 valence electrons. The molecule has 0 aromatic heterocycles. The number of nitrogens with zero attached hydrogens (tertiary/aromatic N) is 1. The summed E-state index contributed by atoms with van der Waals surface area (Å²) >= 11 is 0. The predicted molar refractivity (Wildman–Crippen MR) is 70.0 cm³/mol. The van der Waals surface area contributed by atoms with E-state index in [-0.39, 0.29) is 0 Å². The number of benzene rings is 2. The highest BCUT2D eigenvalue weighted by Crippen LogP contribution is 2.27. The lowest BCUT2D eigenvalue weighted by Gasteiger charge is -2.09. The van der Waals surface area contributed by atoms with Crippen LogP contribution >= 0.6 is 0 Å². The molecular formula is C15H12N2. The number of anilines is 1. The van der Waals surface area contributed by atoms with Gasteiger partial charge in [0.25, 0.3) is 0 Å². The summed E-state index contributed by atoms with van der Waals surface area (Å²) in [5.74, 6) is 0. The zero-order valence-corrected chi connectivity index (χ0v) is 9.30. The minimum atomic E-state index is 0.679. The minimum Gasteiger partial charge on any atom is -0.398 e. The Labute approximate surface area is 101 Å². The summed E-state index contributed by atoms with van der Waals surface area (Å²) in [6.45, 7) is 0. The largest absolute Gasteiger partial charge is 0.398 e. The van der Waals surface area contributed by atoms with Crippen LogP contribution in [-0.4, -0.2) is 0 Å². The summed E-state index contributed by atoms with van der Waals surface area (Å²) in [6.07, 6.45) is 1.53. The Bertz CT molecular complexity index is 577. The first-order valence-electron chi connectivity index (χ1n) is 5.33. The van der Waals surface area contributed by atoms with Gasteiger partial charge in [0.05, 0.1) is 6.07 Å². The molecule has 0 aliphatic heterocycles. The molecule has 0 spiro atoms. The molecule has 0 saturated carbocycles. The number of rotatable bonds is 2. The Morgan fingerprint density at radius 2 is 1.65 bits per heavy atom. The molecule has 0 radical (unpaired) electrons. The van der Waals surface area contributed by atoms with E-state index in [0.717, 1.165) is 16.7 Å². The molecule has 2 heteroatoms. The molecule has 0 bridgehead atoms. The predicted octanol–water partition coefficient (Wildman–Crippen LogP) is 3.22. The van der Waals surface area contributed by atoms with Crippen LogP contribution in [0, 0.1) is 11.3 Å². The molecule has 0 heterocycles. The summed E-state index contributed by atoms with van der Waals surface area (Å²) in [5.41, 5.74) is 9.35. The average molecular weight is 220 g/mol. The highest BCUT2D eigenvalue weighted by atomic mass is 14.6. The summed E-state index contributed by atoms with van der Waals surface area (Å²) < 4.78 is 0. The molecule has 0 saturated heterocycles. The van der Waals surface area contributed by atoms with Crippen molar-refractivity contribution in [1.29, 1.82) is 5.26 Å². The second kappa shape index (κ2) is 5.00. The highest BCUT2D eigenvalue weighted by molar-refractivity contribution is 5.86. The van der Waals surface area contributed by atoms with Crippen molar-refractivity contribution < 1.29 is 0 Å². The molecule has 2 nitrogen and oxygen atoms in total. The van der Waals surface area contributed by atoms with Crippen LogP contribution in [0.3, 0.4) is 0 Å². The quantitative estimate of drug-likeness (QED) is 0.624. The van der Waals surface area contributed by atoms with Crippen molar-refractivity contribution >= 4 is 11.3 Å². The lowest BCUT2D eigenvalue weighted by molar-refractivity contribution is 1.51. The first kappa shape index (κ1) is 11.0. The molecular weight excluding hydrogens is 208 g/mol. The van der Waals surface area contributed by atoms with Crippen molar-refractivity contribution in [1.82, 2.24) is 0 Å². The Balaban J connectivity index is 2.57. The van der Waals surface area contributed by atoms with Crippen molar-refractivity contribution in [3.8, 4) is 6.07 Å². The van der Waals surface area contributed by atoms with Crippen molar-refractivity contribution in [2.45, 2.75) is 0 Å². The van der Waals surface area contributed by atoms with Gasteiger partial charge < -0.3 is 5.73 Å². The zero-order valence-electron chi connectivity index (χ0n) is 9.30. The van der Waals surface area contributed by atoms with Crippen molar-refractivity contribution in [2.24, 2.45) is 0 Å². The van der Waals surface area contributed by atoms with Crippen molar-refractivity contribution in [3.05, 3.63) is 71.8 Å². The molecule has 0 fully saturated rings. The maximum Gasteiger partial charge on any atom is 0.0918 e. The van der Waals surface area contributed by atoms with Crippen LogP contribution in [0.1, 0.15) is 11.1 Å². The monoisotopic (exact) mass is 220 g/mol. The Morgan fingerprint density at radius 1 is 1.00 bits per heavy atom. The number of hydrogen-bond donors (Lipinski definition) is 1. The standard InChI is InChI=1S/C15H12N2/c16-11-10-13(12-6-2-1-3-7-12)14-8-4-5-9-15(14)17/h1-10H,17H2/b13-10+. The maximum atomic E-state index is 8.88. The van der Waals surface area contributed by atoms with E-state index in [1.165, 1.54) is 6.08 Å². The van der Waals surface area contributed by atoms with Gasteiger partial charge in [-0.05, 0) is 11.6 Å². The molecule has 2 rings (SSSR count). The lowest BCUT2D eigenvalue weighted by Crippen LogP contribution is -1.94. The molecule has 2 aromatic carbocycles. The van der Waals surface area contributed by atoms with E-state index in [0.29, 0.717) is 5.69 Å². The maximum absolute atomic E-state index is 8.88. The summed E-state index contributed by atoms with van der Waals surface area (Å²) in [7, 11) is 0. The van der Waals surface area contributed by atoms with E-state index < -0.39 is 0 Å². The second-order valence-corrected chi connectivity index (χ2v) is 3.64. The van der Waals surface area contributed by atoms with Crippen LogP contribution in [-0.2, 0) is 0 Å². The number of para-hydroxylation sites is 1. The van der Waals surface area contributed by atoms with Gasteiger partial charge >= 0.3 is 0 Å². The van der Waals surface area contributed by atoms with Crippen LogP contribution in [0.25, 0.3) is 5.57 Å². The average Bonchev–Trinajstić information content (AvgIpc) is 2.38. The van der Waals surface area contributed by atoms with Gasteiger partial charge in [-0.3, -0.25) is 0 Å². The third-order valence-electron chi connectivity index (χ3n) is 2.54. The fraction of sp³-hybridized carbons (Fsp3) is 0. The van der Waals surface area contributed by atoms with Gasteiger partial charge in [0.1, 0.15) is 0 Å². The van der Waals surface area contributed by atoms with E-state index in [1.54, 1.807) is 0 Å². The van der Waals surface area contributed by atoms with Crippen LogP contribution in [0.5, 0.6) is 0 Å². The minimum absolute atomic E-state index is 0.679. The first-order chi connectivity index (χ1) is 8.33. The molecule has 0 atom stereocenters. The molecule has 2 aromatic rings. The summed E-state index contributed by atoms with van der Waals surface area (Å²) in [4.78, 5) is 0. The molecule has 2 N–H and O–H groups in total. The topological polar surface area (TPSA) is 49.8 Å². The Morgan fingerprint density at radius 3 is 2.29 bits per heavy atom. The number of nitrogen functional groups attached to an aromatic ring is 1. The third kappa shape index (κ3) is 2.35. The van der Waals surface area contributed by atoms with E-state index in [4.69, 9.17) is 11.0 Å². The number of nitriles is 1. The zero-order chi connectivity index (χ0) is 12.1. The van der Waals surface area contributed by atoms with Gasteiger partial charge in [-0.1, -0.05) is 48.5 Å². The Hall–Kier alpha value is -2.53. The lowest BCUT2D eigenvalue weighted by atomic mass is 9.96. The SMILES string of the molecule is N#C/C=C(\c1ccccc1)c1ccccc1N. The van der Waals surface area contributed by atoms with Crippen LogP contribution < -0.4 is 5.73 Å². The van der Waals surface area contributed by atoms with Crippen molar-refractivity contribution in [2.75, 3.05) is 5.73 Å². The molecule has 0 amide bonds. The fourth-order valence-corrected chi connectivity index (χ4v) is 1.74. The molecule has 0 aliphatic rings. The molecule has 0 unspecified atom stereocenters. The van der Waals surface area contributed by atoms with E-state index in [1.807, 2.05) is 54.6 Å². The normalized spacial score (nSPS) is 10.9. The van der Waals surface area contributed by atoms with Gasteiger partial charge in [-0.2, -0.15) is 5.26 Å². The number of hydrogen-bond acceptors (Lipinski definition) is 2. The van der Waals surface area contributed by atoms with Crippen LogP contribution in [0.4, 0.5) is 5.69 Å². The fourth-order valence-electron chi connectivity index (χ4n) is 1.74. The van der Waals surface area contributed by atoms with Gasteiger partial charge in [-0.25, -0.2) is 0 Å². The smallest absolute Gasteiger partial charge is 0.0918 e. The molecule has 17 heavy (non-hydrogen) atoms. The molecule has 0 aliphatic carbocycles. The third-order valence-corrected chi connectivity index (χ3v) is 2.54. The van der Waals surface area contributed by atoms with Gasteiger partial charge in [0.15, 0.2) is 0 Å². The van der Waals surface area contributed by atoms with E-state index in [9.17, 15) is 0 Å². The number of nitrogens with two attached hydrogens (primary N) is 1. The Kier molecular flexibility index (Phi) is 3.23.